The molecule has 0 spiro atoms. The molecule has 0 saturated heterocycles. The Hall–Kier alpha value is -1.97. The molecule has 0 heterocycles. The summed E-state index contributed by atoms with van der Waals surface area (Å²) in [5, 5.41) is 2.82. The van der Waals surface area contributed by atoms with Crippen LogP contribution in [0.15, 0.2) is 24.3 Å². The van der Waals surface area contributed by atoms with E-state index in [1.807, 2.05) is 18.2 Å². The van der Waals surface area contributed by atoms with E-state index in [4.69, 9.17) is 9.47 Å². The van der Waals surface area contributed by atoms with Gasteiger partial charge in [0, 0.05) is 18.2 Å². The maximum atomic E-state index is 11.6. The highest BCUT2D eigenvalue weighted by Crippen LogP contribution is 2.24. The minimum atomic E-state index is -0.0988. The van der Waals surface area contributed by atoms with E-state index in [1.165, 1.54) is 6.08 Å². The highest BCUT2D eigenvalue weighted by atomic mass is 16.5. The molecule has 19 heavy (non-hydrogen) atoms. The summed E-state index contributed by atoms with van der Waals surface area (Å²) in [6.07, 6.45) is 5.28. The van der Waals surface area contributed by atoms with E-state index in [2.05, 4.69) is 12.2 Å². The predicted octanol–water partition coefficient (Wildman–Crippen LogP) is 2.63. The molecular formula is C15H21NO3. The van der Waals surface area contributed by atoms with Gasteiger partial charge >= 0.3 is 0 Å². The van der Waals surface area contributed by atoms with Crippen molar-refractivity contribution in [1.29, 1.82) is 0 Å². The van der Waals surface area contributed by atoms with E-state index >= 15 is 0 Å². The molecule has 0 aliphatic rings. The van der Waals surface area contributed by atoms with Gasteiger partial charge in [0.1, 0.15) is 11.5 Å². The van der Waals surface area contributed by atoms with Gasteiger partial charge in [0.25, 0.3) is 0 Å². The lowest BCUT2D eigenvalue weighted by Crippen LogP contribution is -2.21. The molecule has 1 N–H and O–H groups in total. The number of benzene rings is 1. The summed E-state index contributed by atoms with van der Waals surface area (Å²) in [4.78, 5) is 11.6. The predicted molar refractivity (Wildman–Crippen MR) is 76.5 cm³/mol. The van der Waals surface area contributed by atoms with Crippen LogP contribution in [0.1, 0.15) is 25.3 Å². The number of amides is 1. The van der Waals surface area contributed by atoms with Crippen molar-refractivity contribution in [3.63, 3.8) is 0 Å². The average molecular weight is 263 g/mol. The molecule has 0 aliphatic heterocycles. The minimum Gasteiger partial charge on any atom is -0.497 e. The van der Waals surface area contributed by atoms with Gasteiger partial charge in [-0.15, -0.1) is 0 Å². The first-order chi connectivity index (χ1) is 9.21. The van der Waals surface area contributed by atoms with Crippen molar-refractivity contribution in [2.45, 2.75) is 19.8 Å². The van der Waals surface area contributed by atoms with E-state index in [0.29, 0.717) is 12.3 Å². The van der Waals surface area contributed by atoms with Gasteiger partial charge in [-0.2, -0.15) is 0 Å². The molecule has 0 saturated carbocycles. The van der Waals surface area contributed by atoms with Crippen LogP contribution in [0.2, 0.25) is 0 Å². The van der Waals surface area contributed by atoms with E-state index in [1.54, 1.807) is 20.3 Å². The Labute approximate surface area is 114 Å². The second-order valence-electron chi connectivity index (χ2n) is 4.09. The van der Waals surface area contributed by atoms with Crippen molar-refractivity contribution < 1.29 is 14.3 Å². The number of rotatable bonds is 7. The van der Waals surface area contributed by atoms with Crippen LogP contribution < -0.4 is 14.8 Å². The number of carbonyl (C=O) groups excluding carboxylic acids is 1. The van der Waals surface area contributed by atoms with Crippen molar-refractivity contribution >= 4 is 12.0 Å². The lowest BCUT2D eigenvalue weighted by Gasteiger charge is -2.07. The first kappa shape index (κ1) is 15.1. The van der Waals surface area contributed by atoms with Gasteiger partial charge in [0.05, 0.1) is 14.2 Å². The van der Waals surface area contributed by atoms with Gasteiger partial charge in [-0.3, -0.25) is 4.79 Å². The number of methoxy groups -OCH3 is 2. The van der Waals surface area contributed by atoms with Crippen LogP contribution in [0.4, 0.5) is 0 Å². The molecule has 0 radical (unpaired) electrons. The van der Waals surface area contributed by atoms with E-state index < -0.39 is 0 Å². The molecule has 4 nitrogen and oxygen atoms in total. The largest absolute Gasteiger partial charge is 0.497 e. The first-order valence-corrected chi connectivity index (χ1v) is 6.39. The zero-order valence-corrected chi connectivity index (χ0v) is 11.7. The third-order valence-corrected chi connectivity index (χ3v) is 2.68. The molecule has 0 unspecified atom stereocenters. The Morgan fingerprint density at radius 3 is 2.74 bits per heavy atom. The molecule has 4 heteroatoms. The monoisotopic (exact) mass is 263 g/mol. The molecule has 0 atom stereocenters. The van der Waals surface area contributed by atoms with Crippen LogP contribution in [0.25, 0.3) is 6.08 Å². The lowest BCUT2D eigenvalue weighted by atomic mass is 10.1. The quantitative estimate of drug-likeness (QED) is 0.607. The number of nitrogens with one attached hydrogen (secondary N) is 1. The minimum absolute atomic E-state index is 0.0988. The lowest BCUT2D eigenvalue weighted by molar-refractivity contribution is -0.116. The number of hydrogen-bond acceptors (Lipinski definition) is 3. The maximum absolute atomic E-state index is 11.6. The highest BCUT2D eigenvalue weighted by Gasteiger charge is 2.02. The Morgan fingerprint density at radius 1 is 1.32 bits per heavy atom. The number of ether oxygens (including phenoxy) is 2. The van der Waals surface area contributed by atoms with Crippen molar-refractivity contribution in [3.05, 3.63) is 29.8 Å². The van der Waals surface area contributed by atoms with Crippen molar-refractivity contribution in [3.8, 4) is 11.5 Å². The Balaban J connectivity index is 2.71. The molecule has 0 fully saturated rings. The Bertz CT molecular complexity index is 441. The molecular weight excluding hydrogens is 242 g/mol. The number of carbonyl (C=O) groups is 1. The van der Waals surface area contributed by atoms with Gasteiger partial charge < -0.3 is 14.8 Å². The maximum Gasteiger partial charge on any atom is 0.244 e. The smallest absolute Gasteiger partial charge is 0.244 e. The van der Waals surface area contributed by atoms with Gasteiger partial charge in [0.2, 0.25) is 5.91 Å². The standard InChI is InChI=1S/C15H21NO3/c1-4-5-10-16-15(17)9-6-12-11-13(18-2)7-8-14(12)19-3/h6-9,11H,4-5,10H2,1-3H3,(H,16,17)/b9-6-. The van der Waals surface area contributed by atoms with Crippen molar-refractivity contribution in [2.24, 2.45) is 0 Å². The molecule has 0 aliphatic carbocycles. The summed E-state index contributed by atoms with van der Waals surface area (Å²) in [6, 6.07) is 5.46. The van der Waals surface area contributed by atoms with E-state index in [-0.39, 0.29) is 5.91 Å². The molecule has 1 rings (SSSR count). The molecule has 0 aromatic heterocycles. The fourth-order valence-electron chi connectivity index (χ4n) is 1.58. The summed E-state index contributed by atoms with van der Waals surface area (Å²) < 4.78 is 10.4. The summed E-state index contributed by atoms with van der Waals surface area (Å²) >= 11 is 0. The van der Waals surface area contributed by atoms with Gasteiger partial charge in [-0.1, -0.05) is 13.3 Å². The third-order valence-electron chi connectivity index (χ3n) is 2.68. The number of hydrogen-bond donors (Lipinski definition) is 1. The van der Waals surface area contributed by atoms with Gasteiger partial charge in [-0.25, -0.2) is 0 Å². The second-order valence-corrected chi connectivity index (χ2v) is 4.09. The van der Waals surface area contributed by atoms with E-state index in [0.717, 1.165) is 24.2 Å². The summed E-state index contributed by atoms with van der Waals surface area (Å²) in [7, 11) is 3.20. The van der Waals surface area contributed by atoms with E-state index in [9.17, 15) is 4.79 Å². The van der Waals surface area contributed by atoms with Crippen LogP contribution in [-0.4, -0.2) is 26.7 Å². The van der Waals surface area contributed by atoms with Crippen LogP contribution >= 0.6 is 0 Å². The fraction of sp³-hybridized carbons (Fsp3) is 0.400. The second kappa shape index (κ2) is 8.19. The zero-order valence-electron chi connectivity index (χ0n) is 11.7. The molecule has 1 amide bonds. The van der Waals surface area contributed by atoms with Crippen molar-refractivity contribution in [2.75, 3.05) is 20.8 Å². The molecule has 0 bridgehead atoms. The Kier molecular flexibility index (Phi) is 6.50. The van der Waals surface area contributed by atoms with Crippen LogP contribution in [0.3, 0.4) is 0 Å². The summed E-state index contributed by atoms with van der Waals surface area (Å²) in [5.41, 5.74) is 0.812. The molecule has 1 aromatic carbocycles. The first-order valence-electron chi connectivity index (χ1n) is 6.39. The van der Waals surface area contributed by atoms with Gasteiger partial charge in [0.15, 0.2) is 0 Å². The van der Waals surface area contributed by atoms with Gasteiger partial charge in [-0.05, 0) is 30.7 Å². The highest BCUT2D eigenvalue weighted by molar-refractivity contribution is 5.92. The fourth-order valence-corrected chi connectivity index (χ4v) is 1.58. The summed E-state index contributed by atoms with van der Waals surface area (Å²) in [5.74, 6) is 1.34. The average Bonchev–Trinajstić information content (AvgIpc) is 2.45. The topological polar surface area (TPSA) is 47.6 Å². The third kappa shape index (κ3) is 5.04. The summed E-state index contributed by atoms with van der Waals surface area (Å²) in [6.45, 7) is 2.79. The normalized spacial score (nSPS) is 10.5. The molecule has 104 valence electrons. The molecule has 1 aromatic rings. The number of unbranched alkanes of at least 4 members (excludes halogenated alkanes) is 1. The Morgan fingerprint density at radius 2 is 2.11 bits per heavy atom. The van der Waals surface area contributed by atoms with Crippen LogP contribution in [0, 0.1) is 0 Å². The SMILES string of the molecule is CCCCNC(=O)/C=C\c1cc(OC)ccc1OC. The van der Waals surface area contributed by atoms with Crippen LogP contribution in [0.5, 0.6) is 11.5 Å². The van der Waals surface area contributed by atoms with Crippen LogP contribution in [-0.2, 0) is 4.79 Å². The van der Waals surface area contributed by atoms with Crippen molar-refractivity contribution in [1.82, 2.24) is 5.32 Å². The zero-order chi connectivity index (χ0) is 14.1.